The first-order valence-electron chi connectivity index (χ1n) is 5.40. The lowest BCUT2D eigenvalue weighted by Gasteiger charge is -2.01. The molecule has 0 aliphatic carbocycles. The van der Waals surface area contributed by atoms with Crippen molar-refractivity contribution >= 4 is 0 Å². The van der Waals surface area contributed by atoms with Crippen molar-refractivity contribution < 1.29 is 10.2 Å². The Morgan fingerprint density at radius 2 is 1.94 bits per heavy atom. The average molecular weight is 234 g/mol. The molecule has 5 heteroatoms. The summed E-state index contributed by atoms with van der Waals surface area (Å²) in [5, 5.41) is 21.3. The van der Waals surface area contributed by atoms with Crippen molar-refractivity contribution in [2.24, 2.45) is 0 Å². The highest BCUT2D eigenvalue weighted by molar-refractivity contribution is 5.37. The summed E-state index contributed by atoms with van der Waals surface area (Å²) in [7, 11) is 0. The number of hydrogen-bond acceptors (Lipinski definition) is 3. The van der Waals surface area contributed by atoms with Crippen LogP contribution >= 0.6 is 0 Å². The Kier molecular flexibility index (Phi) is 3.01. The quantitative estimate of drug-likeness (QED) is 0.739. The van der Waals surface area contributed by atoms with Gasteiger partial charge in [-0.2, -0.15) is 0 Å². The second-order valence-electron chi connectivity index (χ2n) is 3.74. The molecule has 1 aromatic heterocycles. The molecular formula is C12H14N2O3. The van der Waals surface area contributed by atoms with Crippen molar-refractivity contribution in [2.45, 2.75) is 20.0 Å². The monoisotopic (exact) mass is 234 g/mol. The number of aliphatic hydroxyl groups is 1. The number of nitrogens with one attached hydrogen (secondary N) is 1. The van der Waals surface area contributed by atoms with Gasteiger partial charge >= 0.3 is 0 Å². The highest BCUT2D eigenvalue weighted by atomic mass is 16.3. The first-order valence-corrected chi connectivity index (χ1v) is 5.40. The molecule has 0 fully saturated rings. The van der Waals surface area contributed by atoms with E-state index in [4.69, 9.17) is 5.11 Å². The summed E-state index contributed by atoms with van der Waals surface area (Å²) in [6, 6.07) is 6.28. The number of aryl methyl sites for hydroxylation is 1. The highest BCUT2D eigenvalue weighted by Crippen LogP contribution is 2.13. The molecule has 0 radical (unpaired) electrons. The summed E-state index contributed by atoms with van der Waals surface area (Å²) in [4.78, 5) is 12.0. The minimum absolute atomic E-state index is 0.145. The average Bonchev–Trinajstić information content (AvgIpc) is 2.66. The summed E-state index contributed by atoms with van der Waals surface area (Å²) >= 11 is 0. The van der Waals surface area contributed by atoms with Gasteiger partial charge in [0.2, 0.25) is 0 Å². The van der Waals surface area contributed by atoms with E-state index < -0.39 is 0 Å². The molecule has 2 rings (SSSR count). The normalized spacial score (nSPS) is 10.7. The van der Waals surface area contributed by atoms with Gasteiger partial charge in [0, 0.05) is 5.69 Å². The predicted octanol–water partition coefficient (Wildman–Crippen LogP) is 0.926. The van der Waals surface area contributed by atoms with E-state index >= 15 is 0 Å². The first kappa shape index (κ1) is 11.5. The Balaban J connectivity index is 2.56. The number of H-pyrrole nitrogens is 1. The van der Waals surface area contributed by atoms with Crippen molar-refractivity contribution in [3.63, 3.8) is 0 Å². The van der Waals surface area contributed by atoms with E-state index in [1.807, 2.05) is 6.92 Å². The van der Waals surface area contributed by atoms with Crippen LogP contribution in [0.2, 0.25) is 0 Å². The largest absolute Gasteiger partial charge is 0.508 e. The molecule has 0 spiro atoms. The van der Waals surface area contributed by atoms with Crippen molar-refractivity contribution in [1.82, 2.24) is 9.78 Å². The van der Waals surface area contributed by atoms with Crippen LogP contribution in [0.4, 0.5) is 0 Å². The molecule has 17 heavy (non-hydrogen) atoms. The predicted molar refractivity (Wildman–Crippen MR) is 63.4 cm³/mol. The van der Waals surface area contributed by atoms with Gasteiger partial charge in [0.1, 0.15) is 5.75 Å². The molecule has 0 saturated heterocycles. The fourth-order valence-corrected chi connectivity index (χ4v) is 1.76. The maximum absolute atomic E-state index is 12.0. The molecule has 1 heterocycles. The highest BCUT2D eigenvalue weighted by Gasteiger charge is 2.12. The number of aromatic amines is 1. The van der Waals surface area contributed by atoms with E-state index in [9.17, 15) is 9.90 Å². The van der Waals surface area contributed by atoms with Gasteiger partial charge in [-0.1, -0.05) is 6.92 Å². The van der Waals surface area contributed by atoms with Crippen molar-refractivity contribution in [2.75, 3.05) is 0 Å². The molecule has 0 amide bonds. The van der Waals surface area contributed by atoms with E-state index in [0.29, 0.717) is 17.7 Å². The van der Waals surface area contributed by atoms with E-state index in [1.54, 1.807) is 12.1 Å². The van der Waals surface area contributed by atoms with Crippen LogP contribution in [0.25, 0.3) is 5.69 Å². The van der Waals surface area contributed by atoms with Gasteiger partial charge in [-0.05, 0) is 30.7 Å². The van der Waals surface area contributed by atoms with Gasteiger partial charge in [-0.25, -0.2) is 4.68 Å². The number of aromatic nitrogens is 2. The van der Waals surface area contributed by atoms with Gasteiger partial charge in [-0.3, -0.25) is 9.89 Å². The number of hydrogen-bond donors (Lipinski definition) is 3. The number of aliphatic hydroxyl groups excluding tert-OH is 1. The molecule has 5 nitrogen and oxygen atoms in total. The molecule has 90 valence electrons. The number of rotatable bonds is 3. The van der Waals surface area contributed by atoms with Crippen LogP contribution in [0.3, 0.4) is 0 Å². The van der Waals surface area contributed by atoms with Crippen LogP contribution < -0.4 is 5.56 Å². The Bertz CT molecular complexity index is 566. The second kappa shape index (κ2) is 4.47. The molecule has 2 aromatic rings. The molecule has 0 bridgehead atoms. The molecule has 3 N–H and O–H groups in total. The standard InChI is InChI=1S/C12H14N2O3/c1-2-11-10(7-15)12(17)14(13-11)8-3-5-9(16)6-4-8/h3-6,13,15-16H,2,7H2,1H3. The first-order chi connectivity index (χ1) is 8.17. The third-order valence-electron chi connectivity index (χ3n) is 2.69. The molecule has 0 unspecified atom stereocenters. The van der Waals surface area contributed by atoms with Crippen molar-refractivity contribution in [3.05, 3.63) is 45.9 Å². The van der Waals surface area contributed by atoms with Gasteiger partial charge in [0.25, 0.3) is 5.56 Å². The maximum Gasteiger partial charge on any atom is 0.277 e. The fraction of sp³-hybridized carbons (Fsp3) is 0.250. The number of nitrogens with zero attached hydrogens (tertiary/aromatic N) is 1. The summed E-state index contributed by atoms with van der Waals surface area (Å²) < 4.78 is 1.36. The molecule has 0 atom stereocenters. The zero-order valence-electron chi connectivity index (χ0n) is 9.47. The van der Waals surface area contributed by atoms with Crippen LogP contribution in [-0.4, -0.2) is 20.0 Å². The van der Waals surface area contributed by atoms with E-state index in [1.165, 1.54) is 16.8 Å². The topological polar surface area (TPSA) is 78.2 Å². The zero-order valence-corrected chi connectivity index (χ0v) is 9.47. The van der Waals surface area contributed by atoms with Crippen LogP contribution in [0, 0.1) is 0 Å². The Labute approximate surface area is 97.9 Å². The second-order valence-corrected chi connectivity index (χ2v) is 3.74. The zero-order chi connectivity index (χ0) is 12.4. The summed E-state index contributed by atoms with van der Waals surface area (Å²) in [5.74, 6) is 0.145. The molecule has 0 aliphatic rings. The van der Waals surface area contributed by atoms with Crippen LogP contribution in [0.1, 0.15) is 18.2 Å². The van der Waals surface area contributed by atoms with Crippen LogP contribution in [0.5, 0.6) is 5.75 Å². The third-order valence-corrected chi connectivity index (χ3v) is 2.69. The number of aromatic hydroxyl groups is 1. The lowest BCUT2D eigenvalue weighted by Crippen LogP contribution is -2.17. The fourth-order valence-electron chi connectivity index (χ4n) is 1.76. The lowest BCUT2D eigenvalue weighted by atomic mass is 10.2. The molecule has 0 aliphatic heterocycles. The molecular weight excluding hydrogens is 220 g/mol. The number of phenols is 1. The SMILES string of the molecule is CCc1[nH]n(-c2ccc(O)cc2)c(=O)c1CO. The molecule has 1 aromatic carbocycles. The molecule has 0 saturated carbocycles. The Morgan fingerprint density at radius 3 is 2.41 bits per heavy atom. The number of phenolic OH excluding ortho intramolecular Hbond substituents is 1. The van der Waals surface area contributed by atoms with Gasteiger partial charge in [0.05, 0.1) is 17.9 Å². The van der Waals surface area contributed by atoms with E-state index in [2.05, 4.69) is 5.10 Å². The van der Waals surface area contributed by atoms with E-state index in [-0.39, 0.29) is 17.9 Å². The van der Waals surface area contributed by atoms with Gasteiger partial charge in [-0.15, -0.1) is 0 Å². The summed E-state index contributed by atoms with van der Waals surface area (Å²) in [5.41, 5.74) is 1.49. The summed E-state index contributed by atoms with van der Waals surface area (Å²) in [6.45, 7) is 1.63. The van der Waals surface area contributed by atoms with E-state index in [0.717, 1.165) is 5.69 Å². The Morgan fingerprint density at radius 1 is 1.29 bits per heavy atom. The maximum atomic E-state index is 12.0. The van der Waals surface area contributed by atoms with Crippen molar-refractivity contribution in [3.8, 4) is 11.4 Å². The summed E-state index contributed by atoms with van der Waals surface area (Å²) in [6.07, 6.45) is 0.649. The third kappa shape index (κ3) is 1.97. The lowest BCUT2D eigenvalue weighted by molar-refractivity contribution is 0.279. The van der Waals surface area contributed by atoms with Crippen LogP contribution in [0.15, 0.2) is 29.1 Å². The van der Waals surface area contributed by atoms with Gasteiger partial charge < -0.3 is 10.2 Å². The van der Waals surface area contributed by atoms with Crippen LogP contribution in [-0.2, 0) is 13.0 Å². The van der Waals surface area contributed by atoms with Gasteiger partial charge in [0.15, 0.2) is 0 Å². The van der Waals surface area contributed by atoms with Crippen molar-refractivity contribution in [1.29, 1.82) is 0 Å². The minimum atomic E-state index is -0.274. The smallest absolute Gasteiger partial charge is 0.277 e. The number of benzene rings is 1. The minimum Gasteiger partial charge on any atom is -0.508 e. The Hall–Kier alpha value is -2.01.